The second-order valence-corrected chi connectivity index (χ2v) is 5.07. The van der Waals surface area contributed by atoms with Gasteiger partial charge in [-0.3, -0.25) is 0 Å². The molecule has 2 rings (SSSR count). The molecule has 0 aliphatic heterocycles. The minimum Gasteiger partial charge on any atom is -0.496 e. The van der Waals surface area contributed by atoms with Crippen LogP contribution in [0.25, 0.3) is 0 Å². The Morgan fingerprint density at radius 1 is 1.31 bits per heavy atom. The smallest absolute Gasteiger partial charge is 0.124 e. The van der Waals surface area contributed by atoms with E-state index < -0.39 is 0 Å². The van der Waals surface area contributed by atoms with Gasteiger partial charge < -0.3 is 10.5 Å². The van der Waals surface area contributed by atoms with Crippen LogP contribution >= 0.6 is 11.6 Å². The van der Waals surface area contributed by atoms with Crippen molar-refractivity contribution < 1.29 is 4.74 Å². The standard InChI is InChI=1S/C13H18ClNO/c1-9-7-12(16-2)10(8-11(9)14)13(15)5-3-4-6-13/h7-8H,3-6,15H2,1-2H3. The Kier molecular flexibility index (Phi) is 3.13. The van der Waals surface area contributed by atoms with E-state index in [4.69, 9.17) is 22.1 Å². The van der Waals surface area contributed by atoms with E-state index in [1.807, 2.05) is 19.1 Å². The topological polar surface area (TPSA) is 35.2 Å². The zero-order chi connectivity index (χ0) is 11.8. The van der Waals surface area contributed by atoms with Crippen LogP contribution in [0.1, 0.15) is 36.8 Å². The maximum absolute atomic E-state index is 6.44. The first-order valence-corrected chi connectivity index (χ1v) is 6.08. The summed E-state index contributed by atoms with van der Waals surface area (Å²) in [5, 5.41) is 0.771. The van der Waals surface area contributed by atoms with E-state index in [1.54, 1.807) is 7.11 Å². The Labute approximate surface area is 102 Å². The molecule has 1 aromatic carbocycles. The number of ether oxygens (including phenoxy) is 1. The fraction of sp³-hybridized carbons (Fsp3) is 0.538. The van der Waals surface area contributed by atoms with Gasteiger partial charge in [0.05, 0.1) is 7.11 Å². The van der Waals surface area contributed by atoms with Crippen molar-refractivity contribution in [3.63, 3.8) is 0 Å². The van der Waals surface area contributed by atoms with E-state index in [9.17, 15) is 0 Å². The van der Waals surface area contributed by atoms with E-state index in [-0.39, 0.29) is 5.54 Å². The van der Waals surface area contributed by atoms with Crippen LogP contribution in [0.4, 0.5) is 0 Å². The maximum Gasteiger partial charge on any atom is 0.124 e. The molecule has 16 heavy (non-hydrogen) atoms. The highest BCUT2D eigenvalue weighted by Gasteiger charge is 2.34. The zero-order valence-corrected chi connectivity index (χ0v) is 10.6. The van der Waals surface area contributed by atoms with Gasteiger partial charge in [0.15, 0.2) is 0 Å². The minimum absolute atomic E-state index is 0.247. The number of hydrogen-bond donors (Lipinski definition) is 1. The second kappa shape index (κ2) is 4.27. The maximum atomic E-state index is 6.44. The Bertz CT molecular complexity index is 397. The number of hydrogen-bond acceptors (Lipinski definition) is 2. The molecule has 1 saturated carbocycles. The predicted molar refractivity (Wildman–Crippen MR) is 67.1 cm³/mol. The molecule has 0 aromatic heterocycles. The summed E-state index contributed by atoms with van der Waals surface area (Å²) < 4.78 is 5.42. The van der Waals surface area contributed by atoms with Gasteiger partial charge in [0.2, 0.25) is 0 Å². The van der Waals surface area contributed by atoms with Crippen molar-refractivity contribution in [2.24, 2.45) is 5.73 Å². The molecule has 0 amide bonds. The molecule has 88 valence electrons. The molecule has 3 heteroatoms. The Hall–Kier alpha value is -0.730. The fourth-order valence-corrected chi connectivity index (χ4v) is 2.65. The highest BCUT2D eigenvalue weighted by atomic mass is 35.5. The molecule has 1 aliphatic rings. The summed E-state index contributed by atoms with van der Waals surface area (Å²) in [5.41, 5.74) is 8.28. The highest BCUT2D eigenvalue weighted by Crippen LogP contribution is 2.42. The van der Waals surface area contributed by atoms with E-state index in [0.29, 0.717) is 0 Å². The lowest BCUT2D eigenvalue weighted by atomic mass is 9.88. The van der Waals surface area contributed by atoms with Crippen molar-refractivity contribution in [1.29, 1.82) is 0 Å². The predicted octanol–water partition coefficient (Wildman–Crippen LogP) is 3.39. The van der Waals surface area contributed by atoms with E-state index in [2.05, 4.69) is 0 Å². The van der Waals surface area contributed by atoms with Crippen molar-refractivity contribution in [2.45, 2.75) is 38.1 Å². The van der Waals surface area contributed by atoms with Gasteiger partial charge >= 0.3 is 0 Å². The van der Waals surface area contributed by atoms with Crippen LogP contribution in [0.2, 0.25) is 5.02 Å². The quantitative estimate of drug-likeness (QED) is 0.859. The van der Waals surface area contributed by atoms with Gasteiger partial charge in [0.1, 0.15) is 5.75 Å². The average Bonchev–Trinajstić information content (AvgIpc) is 2.69. The van der Waals surface area contributed by atoms with Crippen LogP contribution in [-0.2, 0) is 5.54 Å². The largest absolute Gasteiger partial charge is 0.496 e. The van der Waals surface area contributed by atoms with Crippen molar-refractivity contribution in [2.75, 3.05) is 7.11 Å². The molecule has 0 unspecified atom stereocenters. The Morgan fingerprint density at radius 3 is 2.50 bits per heavy atom. The first-order valence-electron chi connectivity index (χ1n) is 5.70. The van der Waals surface area contributed by atoms with Gasteiger partial charge in [0.25, 0.3) is 0 Å². The third kappa shape index (κ3) is 1.92. The highest BCUT2D eigenvalue weighted by molar-refractivity contribution is 6.31. The van der Waals surface area contributed by atoms with Crippen molar-refractivity contribution in [3.8, 4) is 5.75 Å². The molecule has 0 spiro atoms. The third-order valence-corrected chi connectivity index (χ3v) is 3.92. The van der Waals surface area contributed by atoms with E-state index in [0.717, 1.165) is 34.7 Å². The zero-order valence-electron chi connectivity index (χ0n) is 9.85. The van der Waals surface area contributed by atoms with Crippen LogP contribution in [-0.4, -0.2) is 7.11 Å². The molecule has 2 N–H and O–H groups in total. The molecule has 0 radical (unpaired) electrons. The van der Waals surface area contributed by atoms with Crippen LogP contribution < -0.4 is 10.5 Å². The number of rotatable bonds is 2. The SMILES string of the molecule is COc1cc(C)c(Cl)cc1C1(N)CCCC1. The monoisotopic (exact) mass is 239 g/mol. The summed E-state index contributed by atoms with van der Waals surface area (Å²) in [5.74, 6) is 0.867. The number of nitrogens with two attached hydrogens (primary N) is 1. The average molecular weight is 240 g/mol. The Balaban J connectivity index is 2.50. The summed E-state index contributed by atoms with van der Waals surface area (Å²) in [6.45, 7) is 1.98. The van der Waals surface area contributed by atoms with Crippen molar-refractivity contribution in [3.05, 3.63) is 28.3 Å². The molecule has 0 heterocycles. The van der Waals surface area contributed by atoms with E-state index in [1.165, 1.54) is 12.8 Å². The van der Waals surface area contributed by atoms with Gasteiger partial charge in [-0.1, -0.05) is 24.4 Å². The molecule has 2 nitrogen and oxygen atoms in total. The molecular weight excluding hydrogens is 222 g/mol. The summed E-state index contributed by atoms with van der Waals surface area (Å²) in [6.07, 6.45) is 4.40. The minimum atomic E-state index is -0.247. The van der Waals surface area contributed by atoms with Crippen LogP contribution in [0, 0.1) is 6.92 Å². The van der Waals surface area contributed by atoms with E-state index >= 15 is 0 Å². The molecular formula is C13H18ClNO. The number of methoxy groups -OCH3 is 1. The normalized spacial score (nSPS) is 18.8. The summed E-state index contributed by atoms with van der Waals surface area (Å²) in [7, 11) is 1.69. The summed E-state index contributed by atoms with van der Waals surface area (Å²) in [4.78, 5) is 0. The molecule has 1 aromatic rings. The number of benzene rings is 1. The Morgan fingerprint density at radius 2 is 1.94 bits per heavy atom. The lowest BCUT2D eigenvalue weighted by Gasteiger charge is -2.27. The van der Waals surface area contributed by atoms with Crippen molar-refractivity contribution >= 4 is 11.6 Å². The molecule has 0 atom stereocenters. The molecule has 0 bridgehead atoms. The third-order valence-electron chi connectivity index (χ3n) is 3.51. The first-order chi connectivity index (χ1) is 7.57. The lowest BCUT2D eigenvalue weighted by molar-refractivity contribution is 0.379. The van der Waals surface area contributed by atoms with Gasteiger partial charge in [-0.25, -0.2) is 0 Å². The van der Waals surface area contributed by atoms with Crippen LogP contribution in [0.15, 0.2) is 12.1 Å². The lowest BCUT2D eigenvalue weighted by Crippen LogP contribution is -2.33. The van der Waals surface area contributed by atoms with Crippen molar-refractivity contribution in [1.82, 2.24) is 0 Å². The second-order valence-electron chi connectivity index (χ2n) is 4.66. The first kappa shape index (κ1) is 11.7. The molecule has 1 aliphatic carbocycles. The summed E-state index contributed by atoms with van der Waals surface area (Å²) in [6, 6.07) is 3.95. The van der Waals surface area contributed by atoms with Gasteiger partial charge in [-0.2, -0.15) is 0 Å². The fourth-order valence-electron chi connectivity index (χ4n) is 2.49. The number of halogens is 1. The van der Waals surface area contributed by atoms with Gasteiger partial charge in [0, 0.05) is 16.1 Å². The van der Waals surface area contributed by atoms with Gasteiger partial charge in [-0.15, -0.1) is 0 Å². The van der Waals surface area contributed by atoms with Crippen LogP contribution in [0.3, 0.4) is 0 Å². The van der Waals surface area contributed by atoms with Crippen LogP contribution in [0.5, 0.6) is 5.75 Å². The summed E-state index contributed by atoms with van der Waals surface area (Å²) >= 11 is 6.17. The number of aryl methyl sites for hydroxylation is 1. The molecule has 1 fully saturated rings. The van der Waals surface area contributed by atoms with Gasteiger partial charge in [-0.05, 0) is 37.5 Å². The molecule has 0 saturated heterocycles.